The van der Waals surface area contributed by atoms with Crippen LogP contribution in [0.15, 0.2) is 40.2 Å². The Bertz CT molecular complexity index is 530. The molecule has 3 unspecified atom stereocenters. The van der Waals surface area contributed by atoms with E-state index in [-0.39, 0.29) is 6.04 Å². The van der Waals surface area contributed by atoms with Crippen molar-refractivity contribution in [3.05, 3.63) is 56.2 Å². The van der Waals surface area contributed by atoms with E-state index in [9.17, 15) is 0 Å². The first-order valence-corrected chi connectivity index (χ1v) is 8.71. The predicted molar refractivity (Wildman–Crippen MR) is 92.3 cm³/mol. The van der Waals surface area contributed by atoms with Gasteiger partial charge in [-0.2, -0.15) is 0 Å². The summed E-state index contributed by atoms with van der Waals surface area (Å²) < 4.78 is 1.19. The highest BCUT2D eigenvalue weighted by Crippen LogP contribution is 2.41. The summed E-state index contributed by atoms with van der Waals surface area (Å²) in [7, 11) is 0. The fraction of sp³-hybridized carbons (Fsp3) is 0.412. The van der Waals surface area contributed by atoms with Gasteiger partial charge in [0.1, 0.15) is 0 Å². The van der Waals surface area contributed by atoms with Gasteiger partial charge in [-0.3, -0.25) is 0 Å². The van der Waals surface area contributed by atoms with Crippen molar-refractivity contribution in [2.75, 3.05) is 0 Å². The highest BCUT2D eigenvalue weighted by molar-refractivity contribution is 9.11. The summed E-state index contributed by atoms with van der Waals surface area (Å²) >= 11 is 5.37. The highest BCUT2D eigenvalue weighted by Gasteiger charge is 2.27. The lowest BCUT2D eigenvalue weighted by Gasteiger charge is -2.29. The maximum absolute atomic E-state index is 6.62. The van der Waals surface area contributed by atoms with E-state index in [0.29, 0.717) is 11.8 Å². The van der Waals surface area contributed by atoms with Crippen LogP contribution in [-0.2, 0) is 0 Å². The van der Waals surface area contributed by atoms with E-state index in [1.807, 2.05) is 0 Å². The number of benzene rings is 1. The largest absolute Gasteiger partial charge is 0.323 e. The molecule has 1 heterocycles. The van der Waals surface area contributed by atoms with E-state index in [1.54, 1.807) is 11.3 Å². The quantitative estimate of drug-likeness (QED) is 0.739. The Hall–Kier alpha value is -0.640. The summed E-state index contributed by atoms with van der Waals surface area (Å²) in [4.78, 5) is 1.27. The third-order valence-electron chi connectivity index (χ3n) is 4.03. The van der Waals surface area contributed by atoms with Crippen LogP contribution in [0.25, 0.3) is 0 Å². The number of halogens is 1. The normalized spacial score (nSPS) is 15.8. The molecule has 0 saturated carbocycles. The van der Waals surface area contributed by atoms with Crippen molar-refractivity contribution in [3.8, 4) is 0 Å². The Balaban J connectivity index is 2.36. The van der Waals surface area contributed by atoms with Gasteiger partial charge in [0.25, 0.3) is 0 Å². The predicted octanol–water partition coefficient (Wildman–Crippen LogP) is 5.65. The van der Waals surface area contributed by atoms with Crippen LogP contribution in [0.3, 0.4) is 0 Å². The fourth-order valence-electron chi connectivity index (χ4n) is 2.64. The summed E-state index contributed by atoms with van der Waals surface area (Å²) in [5, 5.41) is 0. The Morgan fingerprint density at radius 2 is 1.90 bits per heavy atom. The van der Waals surface area contributed by atoms with Crippen LogP contribution in [-0.4, -0.2) is 0 Å². The van der Waals surface area contributed by atoms with E-state index < -0.39 is 0 Å². The first kappa shape index (κ1) is 15.7. The van der Waals surface area contributed by atoms with Gasteiger partial charge in [0.15, 0.2) is 0 Å². The number of hydrogen-bond acceptors (Lipinski definition) is 2. The molecular weight excluding hydrogens is 330 g/mol. The lowest BCUT2D eigenvalue weighted by molar-refractivity contribution is 0.391. The number of nitrogens with two attached hydrogens (primary N) is 1. The molecule has 3 atom stereocenters. The van der Waals surface area contributed by atoms with E-state index in [1.165, 1.54) is 19.8 Å². The van der Waals surface area contributed by atoms with Crippen LogP contribution in [0, 0.1) is 12.8 Å². The number of hydrogen-bond donors (Lipinski definition) is 1. The van der Waals surface area contributed by atoms with E-state index in [0.717, 1.165) is 6.42 Å². The SMILES string of the molecule is CCC(C)C(c1ccccc1)C(N)c1cc(C)c(Br)s1. The maximum Gasteiger partial charge on any atom is 0.0731 e. The van der Waals surface area contributed by atoms with Gasteiger partial charge in [0.05, 0.1) is 3.79 Å². The standard InChI is InChI=1S/C17H22BrNS/c1-4-11(2)15(13-8-6-5-7-9-13)16(19)14-10-12(3)17(18)20-14/h5-11,15-16H,4,19H2,1-3H3. The van der Waals surface area contributed by atoms with Gasteiger partial charge < -0.3 is 5.73 Å². The second kappa shape index (κ2) is 6.88. The molecule has 0 saturated heterocycles. The van der Waals surface area contributed by atoms with E-state index in [2.05, 4.69) is 73.1 Å². The molecule has 0 radical (unpaired) electrons. The average Bonchev–Trinajstić information content (AvgIpc) is 2.80. The molecule has 1 aromatic carbocycles. The minimum atomic E-state index is 0.0577. The van der Waals surface area contributed by atoms with E-state index in [4.69, 9.17) is 5.73 Å². The molecule has 0 spiro atoms. The number of aryl methyl sites for hydroxylation is 1. The van der Waals surface area contributed by atoms with Gasteiger partial charge in [-0.15, -0.1) is 11.3 Å². The van der Waals surface area contributed by atoms with Crippen LogP contribution >= 0.6 is 27.3 Å². The zero-order valence-corrected chi connectivity index (χ0v) is 14.7. The Morgan fingerprint density at radius 3 is 2.40 bits per heavy atom. The molecule has 20 heavy (non-hydrogen) atoms. The number of rotatable bonds is 5. The minimum absolute atomic E-state index is 0.0577. The van der Waals surface area contributed by atoms with Gasteiger partial charge in [-0.1, -0.05) is 50.6 Å². The molecule has 3 heteroatoms. The summed E-state index contributed by atoms with van der Waals surface area (Å²) in [6, 6.07) is 13.0. The van der Waals surface area contributed by atoms with Gasteiger partial charge in [0.2, 0.25) is 0 Å². The molecule has 108 valence electrons. The third-order valence-corrected chi connectivity index (χ3v) is 6.27. The smallest absolute Gasteiger partial charge is 0.0731 e. The lowest BCUT2D eigenvalue weighted by atomic mass is 9.80. The molecule has 0 aliphatic carbocycles. The molecule has 0 fully saturated rings. The van der Waals surface area contributed by atoms with Gasteiger partial charge >= 0.3 is 0 Å². The molecule has 0 bridgehead atoms. The van der Waals surface area contributed by atoms with Gasteiger partial charge in [-0.25, -0.2) is 0 Å². The molecule has 0 aliphatic heterocycles. The fourth-order valence-corrected chi connectivity index (χ4v) is 4.26. The lowest BCUT2D eigenvalue weighted by Crippen LogP contribution is -2.24. The Labute approximate surface area is 134 Å². The molecule has 1 aromatic heterocycles. The van der Waals surface area contributed by atoms with Crippen molar-refractivity contribution in [3.63, 3.8) is 0 Å². The zero-order valence-electron chi connectivity index (χ0n) is 12.3. The molecule has 2 N–H and O–H groups in total. The van der Waals surface area contributed by atoms with Crippen molar-refractivity contribution in [1.82, 2.24) is 0 Å². The van der Waals surface area contributed by atoms with Gasteiger partial charge in [0, 0.05) is 16.8 Å². The molecule has 0 amide bonds. The average molecular weight is 352 g/mol. The zero-order chi connectivity index (χ0) is 14.7. The molecular formula is C17H22BrNS. The molecule has 1 nitrogen and oxygen atoms in total. The molecule has 2 rings (SSSR count). The Morgan fingerprint density at radius 1 is 1.25 bits per heavy atom. The van der Waals surface area contributed by atoms with Crippen molar-refractivity contribution in [2.24, 2.45) is 11.7 Å². The summed E-state index contributed by atoms with van der Waals surface area (Å²) in [6.07, 6.45) is 1.14. The Kier molecular flexibility index (Phi) is 5.42. The topological polar surface area (TPSA) is 26.0 Å². The first-order valence-electron chi connectivity index (χ1n) is 7.11. The summed E-state index contributed by atoms with van der Waals surface area (Å²) in [5.41, 5.74) is 9.24. The van der Waals surface area contributed by atoms with Crippen LogP contribution in [0.1, 0.15) is 48.2 Å². The number of thiophene rings is 1. The van der Waals surface area contributed by atoms with Crippen molar-refractivity contribution in [1.29, 1.82) is 0 Å². The minimum Gasteiger partial charge on any atom is -0.323 e. The second-order valence-electron chi connectivity index (χ2n) is 5.45. The monoisotopic (exact) mass is 351 g/mol. The molecule has 0 aliphatic rings. The van der Waals surface area contributed by atoms with Crippen LogP contribution in [0.4, 0.5) is 0 Å². The van der Waals surface area contributed by atoms with Crippen molar-refractivity contribution < 1.29 is 0 Å². The first-order chi connectivity index (χ1) is 9.54. The molecule has 2 aromatic rings. The summed E-state index contributed by atoms with van der Waals surface area (Å²) in [5.74, 6) is 0.930. The summed E-state index contributed by atoms with van der Waals surface area (Å²) in [6.45, 7) is 6.66. The van der Waals surface area contributed by atoms with Crippen LogP contribution < -0.4 is 5.73 Å². The second-order valence-corrected chi connectivity index (χ2v) is 7.85. The van der Waals surface area contributed by atoms with E-state index >= 15 is 0 Å². The van der Waals surface area contributed by atoms with Crippen molar-refractivity contribution in [2.45, 2.75) is 39.2 Å². The van der Waals surface area contributed by atoms with Crippen LogP contribution in [0.5, 0.6) is 0 Å². The van der Waals surface area contributed by atoms with Gasteiger partial charge in [-0.05, 0) is 46.0 Å². The van der Waals surface area contributed by atoms with Crippen LogP contribution in [0.2, 0.25) is 0 Å². The maximum atomic E-state index is 6.62. The van der Waals surface area contributed by atoms with Crippen molar-refractivity contribution >= 4 is 27.3 Å². The highest BCUT2D eigenvalue weighted by atomic mass is 79.9. The third kappa shape index (κ3) is 3.33.